The molecule has 250 valence electrons. The van der Waals surface area contributed by atoms with E-state index in [0.717, 1.165) is 5.56 Å². The molecule has 0 saturated carbocycles. The van der Waals surface area contributed by atoms with Crippen LogP contribution in [0.25, 0.3) is 0 Å². The number of aliphatic hydroxyl groups excluding tert-OH is 2. The number of ether oxygens (including phenoxy) is 2. The number of ketones is 1. The maximum Gasteiger partial charge on any atom is 0.335 e. The number of rotatable bonds is 11. The molecule has 0 saturated heterocycles. The summed E-state index contributed by atoms with van der Waals surface area (Å²) in [5.41, 5.74) is 1.30. The van der Waals surface area contributed by atoms with Crippen LogP contribution in [-0.2, 0) is 23.9 Å². The number of carbonyl (C=O) groups excluding carboxylic acids is 3. The van der Waals surface area contributed by atoms with Gasteiger partial charge in [-0.15, -0.1) is 0 Å². The van der Waals surface area contributed by atoms with Crippen LogP contribution in [0.5, 0.6) is 0 Å². The molecule has 0 aliphatic heterocycles. The number of Topliss-reactive ketones (excluding diaryl/α,β-unsaturated/α-hetero) is 1. The van der Waals surface area contributed by atoms with Crippen LogP contribution in [0.15, 0.2) is 24.3 Å². The fourth-order valence-electron chi connectivity index (χ4n) is 3.15. The number of carbonyl (C=O) groups is 4. The van der Waals surface area contributed by atoms with Gasteiger partial charge in [-0.1, -0.05) is 87.4 Å². The summed E-state index contributed by atoms with van der Waals surface area (Å²) in [6.07, 6.45) is -1.33. The largest absolute Gasteiger partial charge is 0.478 e. The third kappa shape index (κ3) is 21.5. The van der Waals surface area contributed by atoms with E-state index in [9.17, 15) is 24.3 Å². The monoisotopic (exact) mass is 612 g/mol. The van der Waals surface area contributed by atoms with Crippen LogP contribution in [0.4, 0.5) is 0 Å². The van der Waals surface area contributed by atoms with Crippen molar-refractivity contribution in [1.82, 2.24) is 0 Å². The molecule has 0 aromatic heterocycles. The smallest absolute Gasteiger partial charge is 0.335 e. The van der Waals surface area contributed by atoms with Gasteiger partial charge in [0, 0.05) is 0 Å². The van der Waals surface area contributed by atoms with Crippen molar-refractivity contribution >= 4 is 23.7 Å². The molecule has 0 amide bonds. The summed E-state index contributed by atoms with van der Waals surface area (Å²) in [6, 6.07) is 7.10. The molecule has 4 atom stereocenters. The molecule has 4 unspecified atom stereocenters. The van der Waals surface area contributed by atoms with Crippen molar-refractivity contribution in [2.45, 2.75) is 121 Å². The van der Waals surface area contributed by atoms with Gasteiger partial charge in [0.1, 0.15) is 6.10 Å². The summed E-state index contributed by atoms with van der Waals surface area (Å²) in [4.78, 5) is 43.1. The SMILES string of the molecule is CC(=O)C(O)CC(C)C.CC(C)OC(=O)C(O)C(C)C(C)C.CC(C)c1ccccc1C(=O)O.COC(=O)C(C)C(C)C. The fraction of sp³-hybridized carbons (Fsp3) is 0.706. The highest BCUT2D eigenvalue weighted by Crippen LogP contribution is 2.19. The Balaban J connectivity index is -0.000000503. The van der Waals surface area contributed by atoms with Crippen LogP contribution in [0, 0.1) is 29.6 Å². The van der Waals surface area contributed by atoms with E-state index in [4.69, 9.17) is 14.9 Å². The maximum absolute atomic E-state index is 11.2. The highest BCUT2D eigenvalue weighted by Gasteiger charge is 2.26. The molecule has 0 spiro atoms. The third-order valence-corrected chi connectivity index (χ3v) is 6.69. The number of hydrogen-bond donors (Lipinski definition) is 3. The topological polar surface area (TPSA) is 147 Å². The highest BCUT2D eigenvalue weighted by molar-refractivity contribution is 5.89. The molecule has 0 aliphatic rings. The van der Waals surface area contributed by atoms with Gasteiger partial charge in [0.15, 0.2) is 11.9 Å². The van der Waals surface area contributed by atoms with Gasteiger partial charge in [-0.3, -0.25) is 9.59 Å². The zero-order valence-corrected chi connectivity index (χ0v) is 29.0. The Hall–Kier alpha value is -2.78. The number of benzene rings is 1. The normalized spacial score (nSPS) is 13.4. The van der Waals surface area contributed by atoms with Gasteiger partial charge in [-0.25, -0.2) is 9.59 Å². The van der Waals surface area contributed by atoms with Crippen molar-refractivity contribution in [3.05, 3.63) is 35.4 Å². The first-order valence-corrected chi connectivity index (χ1v) is 15.1. The van der Waals surface area contributed by atoms with Crippen molar-refractivity contribution < 1.29 is 44.0 Å². The Bertz CT molecular complexity index is 936. The summed E-state index contributed by atoms with van der Waals surface area (Å²) >= 11 is 0. The average Bonchev–Trinajstić information content (AvgIpc) is 2.91. The van der Waals surface area contributed by atoms with Crippen molar-refractivity contribution in [3.63, 3.8) is 0 Å². The Morgan fingerprint density at radius 3 is 1.51 bits per heavy atom. The second-order valence-corrected chi connectivity index (χ2v) is 12.4. The minimum Gasteiger partial charge on any atom is -0.478 e. The van der Waals surface area contributed by atoms with Crippen LogP contribution < -0.4 is 0 Å². The van der Waals surface area contributed by atoms with Crippen molar-refractivity contribution in [1.29, 1.82) is 0 Å². The highest BCUT2D eigenvalue weighted by atomic mass is 16.6. The second-order valence-electron chi connectivity index (χ2n) is 12.4. The van der Waals surface area contributed by atoms with Gasteiger partial charge < -0.3 is 24.8 Å². The summed E-state index contributed by atoms with van der Waals surface area (Å²) in [5, 5.41) is 27.3. The van der Waals surface area contributed by atoms with E-state index in [2.05, 4.69) is 4.74 Å². The average molecular weight is 613 g/mol. The van der Waals surface area contributed by atoms with Crippen LogP contribution in [0.2, 0.25) is 0 Å². The molecular weight excluding hydrogens is 552 g/mol. The van der Waals surface area contributed by atoms with Crippen LogP contribution >= 0.6 is 0 Å². The second kappa shape index (κ2) is 23.6. The molecule has 0 heterocycles. The first kappa shape index (κ1) is 44.7. The molecule has 0 bridgehead atoms. The van der Waals surface area contributed by atoms with Crippen molar-refractivity contribution in [2.24, 2.45) is 29.6 Å². The van der Waals surface area contributed by atoms with Gasteiger partial charge in [0.25, 0.3) is 0 Å². The quantitative estimate of drug-likeness (QED) is 0.237. The number of aliphatic hydroxyl groups is 2. The fourth-order valence-corrected chi connectivity index (χ4v) is 3.15. The summed E-state index contributed by atoms with van der Waals surface area (Å²) < 4.78 is 9.43. The molecule has 1 aromatic carbocycles. The molecule has 0 aliphatic carbocycles. The first-order valence-electron chi connectivity index (χ1n) is 15.1. The lowest BCUT2D eigenvalue weighted by Crippen LogP contribution is -2.33. The molecule has 1 aromatic rings. The van der Waals surface area contributed by atoms with Crippen molar-refractivity contribution in [2.75, 3.05) is 7.11 Å². The molecule has 9 nitrogen and oxygen atoms in total. The molecule has 0 fully saturated rings. The lowest BCUT2D eigenvalue weighted by molar-refractivity contribution is -0.161. The Morgan fingerprint density at radius 2 is 1.26 bits per heavy atom. The van der Waals surface area contributed by atoms with Gasteiger partial charge in [0.2, 0.25) is 0 Å². The first-order chi connectivity index (χ1) is 19.6. The zero-order chi connectivity index (χ0) is 34.6. The molecule has 1 rings (SSSR count). The van der Waals surface area contributed by atoms with Crippen molar-refractivity contribution in [3.8, 4) is 0 Å². The van der Waals surface area contributed by atoms with Gasteiger partial charge in [0.05, 0.1) is 24.7 Å². The van der Waals surface area contributed by atoms with E-state index in [-0.39, 0.29) is 41.5 Å². The predicted octanol–water partition coefficient (Wildman–Crippen LogP) is 6.53. The van der Waals surface area contributed by atoms with E-state index in [1.165, 1.54) is 14.0 Å². The number of carboxylic acids is 1. The lowest BCUT2D eigenvalue weighted by Gasteiger charge is -2.21. The van der Waals surface area contributed by atoms with Gasteiger partial charge in [-0.2, -0.15) is 0 Å². The van der Waals surface area contributed by atoms with E-state index < -0.39 is 24.1 Å². The van der Waals surface area contributed by atoms with E-state index in [1.807, 2.05) is 81.4 Å². The van der Waals surface area contributed by atoms with E-state index in [1.54, 1.807) is 26.0 Å². The number of esters is 2. The molecule has 9 heteroatoms. The van der Waals surface area contributed by atoms with E-state index in [0.29, 0.717) is 23.8 Å². The molecule has 3 N–H and O–H groups in total. The minimum absolute atomic E-state index is 0.0231. The number of methoxy groups -OCH3 is 1. The summed E-state index contributed by atoms with van der Waals surface area (Å²) in [6.45, 7) is 24.5. The molecular formula is C34H60O9. The number of carboxylic acid groups (broad SMARTS) is 1. The lowest BCUT2D eigenvalue weighted by atomic mass is 9.92. The standard InChI is InChI=1S/C10H20O3.C10H12O2.2C7H14O2/c1-6(2)8(5)9(11)10(12)13-7(3)4;1-7(2)8-5-3-4-6-9(8)10(11)12;1-5(2)6(3)7(8)9-4;1-5(2)4-7(9)6(3)8/h6-9,11H,1-5H3;3-7H,1-2H3,(H,11,12);5-6H,1-4H3;5,7,9H,4H2,1-3H3. The van der Waals surface area contributed by atoms with Gasteiger partial charge >= 0.3 is 17.9 Å². The Morgan fingerprint density at radius 1 is 0.767 bits per heavy atom. The minimum atomic E-state index is -0.998. The third-order valence-electron chi connectivity index (χ3n) is 6.69. The maximum atomic E-state index is 11.2. The Kier molecular flexibility index (Phi) is 24.6. The number of hydrogen-bond acceptors (Lipinski definition) is 8. The van der Waals surface area contributed by atoms with Crippen LogP contribution in [0.3, 0.4) is 0 Å². The van der Waals surface area contributed by atoms with E-state index >= 15 is 0 Å². The molecule has 0 radical (unpaired) electrons. The molecule has 43 heavy (non-hydrogen) atoms. The predicted molar refractivity (Wildman–Crippen MR) is 171 cm³/mol. The van der Waals surface area contributed by atoms with Gasteiger partial charge in [-0.05, 0) is 68.4 Å². The van der Waals surface area contributed by atoms with Crippen LogP contribution in [-0.4, -0.2) is 64.4 Å². The summed E-state index contributed by atoms with van der Waals surface area (Å²) in [7, 11) is 1.42. The van der Waals surface area contributed by atoms with Crippen LogP contribution in [0.1, 0.15) is 118 Å². The zero-order valence-electron chi connectivity index (χ0n) is 29.0. The Labute approximate surface area is 260 Å². The summed E-state index contributed by atoms with van der Waals surface area (Å²) in [5.74, 6) is -0.362. The number of aromatic carboxylic acids is 1.